The minimum absolute atomic E-state index is 0.101. The summed E-state index contributed by atoms with van der Waals surface area (Å²) in [6.45, 7) is 9.95. The number of hydrogen-bond donors (Lipinski definition) is 0. The molecule has 20 heavy (non-hydrogen) atoms. The number of thioether (sulfide) groups is 1. The number of carbonyl (C=O) groups excluding carboxylic acids is 1. The number of pyridine rings is 1. The maximum Gasteiger partial charge on any atom is 0.236 e. The van der Waals surface area contributed by atoms with Crippen LogP contribution in [0, 0.1) is 11.3 Å². The zero-order valence-electron chi connectivity index (χ0n) is 12.6. The lowest BCUT2D eigenvalue weighted by Gasteiger charge is -2.32. The molecule has 1 atom stereocenters. The van der Waals surface area contributed by atoms with Gasteiger partial charge in [-0.3, -0.25) is 4.79 Å². The molecule has 1 unspecified atom stereocenters. The summed E-state index contributed by atoms with van der Waals surface area (Å²) in [6, 6.07) is 5.79. The van der Waals surface area contributed by atoms with E-state index < -0.39 is 0 Å². The zero-order chi connectivity index (χ0) is 15.3. The summed E-state index contributed by atoms with van der Waals surface area (Å²) in [6.07, 6.45) is 1.60. The molecular formula is C15H21N3OS. The maximum atomic E-state index is 12.5. The van der Waals surface area contributed by atoms with E-state index in [1.54, 1.807) is 18.3 Å². The summed E-state index contributed by atoms with van der Waals surface area (Å²) in [5, 5.41) is 9.36. The van der Waals surface area contributed by atoms with E-state index in [0.29, 0.717) is 10.6 Å². The van der Waals surface area contributed by atoms with E-state index in [1.165, 1.54) is 11.8 Å². The fourth-order valence-electron chi connectivity index (χ4n) is 2.09. The Kier molecular flexibility index (Phi) is 6.03. The lowest BCUT2D eigenvalue weighted by Crippen LogP contribution is -2.45. The summed E-state index contributed by atoms with van der Waals surface area (Å²) in [4.78, 5) is 18.6. The molecule has 0 saturated heterocycles. The third-order valence-corrected chi connectivity index (χ3v) is 3.90. The van der Waals surface area contributed by atoms with E-state index in [-0.39, 0.29) is 23.2 Å². The molecule has 1 aromatic rings. The number of nitrogens with zero attached hydrogens (tertiary/aromatic N) is 3. The largest absolute Gasteiger partial charge is 0.337 e. The molecule has 0 aromatic carbocycles. The standard InChI is InChI=1S/C15H21N3OS/c1-10(2)18(11(3)4)15(19)12(5)20-14-8-13(9-16)6-7-17-14/h6-8,10-12H,1-5H3. The van der Waals surface area contributed by atoms with Crippen molar-refractivity contribution in [1.82, 2.24) is 9.88 Å². The topological polar surface area (TPSA) is 57.0 Å². The van der Waals surface area contributed by atoms with Gasteiger partial charge in [0.05, 0.1) is 21.9 Å². The smallest absolute Gasteiger partial charge is 0.236 e. The van der Waals surface area contributed by atoms with Gasteiger partial charge in [-0.15, -0.1) is 0 Å². The summed E-state index contributed by atoms with van der Waals surface area (Å²) >= 11 is 1.39. The third-order valence-electron chi connectivity index (χ3n) is 2.88. The second-order valence-electron chi connectivity index (χ2n) is 5.19. The number of hydrogen-bond acceptors (Lipinski definition) is 4. The second kappa shape index (κ2) is 7.30. The second-order valence-corrected chi connectivity index (χ2v) is 6.55. The lowest BCUT2D eigenvalue weighted by molar-refractivity contribution is -0.133. The van der Waals surface area contributed by atoms with Crippen molar-refractivity contribution < 1.29 is 4.79 Å². The third kappa shape index (κ3) is 4.24. The van der Waals surface area contributed by atoms with Crippen LogP contribution in [-0.2, 0) is 4.79 Å². The maximum absolute atomic E-state index is 12.5. The molecule has 0 N–H and O–H groups in total. The molecule has 108 valence electrons. The highest BCUT2D eigenvalue weighted by Crippen LogP contribution is 2.24. The summed E-state index contributed by atoms with van der Waals surface area (Å²) < 4.78 is 0. The van der Waals surface area contributed by atoms with Crippen molar-refractivity contribution in [2.24, 2.45) is 0 Å². The van der Waals surface area contributed by atoms with Crippen LogP contribution in [0.3, 0.4) is 0 Å². The monoisotopic (exact) mass is 291 g/mol. The van der Waals surface area contributed by atoms with Gasteiger partial charge in [0.15, 0.2) is 0 Å². The van der Waals surface area contributed by atoms with Gasteiger partial charge < -0.3 is 4.90 Å². The predicted octanol–water partition coefficient (Wildman–Crippen LogP) is 3.08. The summed E-state index contributed by atoms with van der Waals surface area (Å²) in [5.74, 6) is 0.101. The van der Waals surface area contributed by atoms with Gasteiger partial charge in [-0.2, -0.15) is 5.26 Å². The molecule has 4 nitrogen and oxygen atoms in total. The highest BCUT2D eigenvalue weighted by Gasteiger charge is 2.25. The van der Waals surface area contributed by atoms with Crippen LogP contribution in [0.2, 0.25) is 0 Å². The molecule has 0 saturated carbocycles. The molecule has 5 heteroatoms. The number of amides is 1. The van der Waals surface area contributed by atoms with E-state index in [1.807, 2.05) is 39.5 Å². The Bertz CT molecular complexity index is 500. The van der Waals surface area contributed by atoms with E-state index in [2.05, 4.69) is 11.1 Å². The van der Waals surface area contributed by atoms with Crippen molar-refractivity contribution in [2.75, 3.05) is 0 Å². The molecule has 0 radical (unpaired) electrons. The van der Waals surface area contributed by atoms with E-state index >= 15 is 0 Å². The normalized spacial score (nSPS) is 12.3. The first-order valence-electron chi connectivity index (χ1n) is 6.71. The lowest BCUT2D eigenvalue weighted by atomic mass is 10.2. The van der Waals surface area contributed by atoms with Gasteiger partial charge in [0.2, 0.25) is 5.91 Å². The van der Waals surface area contributed by atoms with Crippen LogP contribution >= 0.6 is 11.8 Å². The molecule has 1 rings (SSSR count). The minimum atomic E-state index is -0.221. The number of nitriles is 1. The van der Waals surface area contributed by atoms with Gasteiger partial charge >= 0.3 is 0 Å². The number of rotatable bonds is 5. The molecule has 0 aliphatic carbocycles. The van der Waals surface area contributed by atoms with Crippen molar-refractivity contribution in [2.45, 2.75) is 57.0 Å². The Morgan fingerprint density at radius 2 is 1.90 bits per heavy atom. The van der Waals surface area contributed by atoms with Crippen molar-refractivity contribution in [1.29, 1.82) is 5.26 Å². The van der Waals surface area contributed by atoms with E-state index in [0.717, 1.165) is 0 Å². The van der Waals surface area contributed by atoms with Crippen molar-refractivity contribution in [3.8, 4) is 6.07 Å². The molecule has 1 amide bonds. The Morgan fingerprint density at radius 1 is 1.30 bits per heavy atom. The highest BCUT2D eigenvalue weighted by atomic mass is 32.2. The highest BCUT2D eigenvalue weighted by molar-refractivity contribution is 8.00. The molecule has 0 bridgehead atoms. The van der Waals surface area contributed by atoms with Crippen LogP contribution in [0.5, 0.6) is 0 Å². The first-order chi connectivity index (χ1) is 9.36. The Morgan fingerprint density at radius 3 is 2.40 bits per heavy atom. The quantitative estimate of drug-likeness (QED) is 0.782. The first kappa shape index (κ1) is 16.5. The Balaban J connectivity index is 2.81. The zero-order valence-corrected chi connectivity index (χ0v) is 13.4. The average Bonchev–Trinajstić information content (AvgIpc) is 2.37. The molecule has 1 heterocycles. The number of carbonyl (C=O) groups is 1. The van der Waals surface area contributed by atoms with Crippen LogP contribution < -0.4 is 0 Å². The first-order valence-corrected chi connectivity index (χ1v) is 7.59. The molecule has 0 fully saturated rings. The van der Waals surface area contributed by atoms with Crippen molar-refractivity contribution >= 4 is 17.7 Å². The van der Waals surface area contributed by atoms with Gasteiger partial charge in [0.25, 0.3) is 0 Å². The van der Waals surface area contributed by atoms with Crippen LogP contribution in [0.15, 0.2) is 23.4 Å². The summed E-state index contributed by atoms with van der Waals surface area (Å²) in [7, 11) is 0. The van der Waals surface area contributed by atoms with Gasteiger partial charge in [-0.25, -0.2) is 4.98 Å². The van der Waals surface area contributed by atoms with Crippen molar-refractivity contribution in [3.63, 3.8) is 0 Å². The Labute approximate surface area is 125 Å². The molecule has 0 aliphatic heterocycles. The summed E-state index contributed by atoms with van der Waals surface area (Å²) in [5.41, 5.74) is 0.562. The van der Waals surface area contributed by atoms with Crippen LogP contribution in [-0.4, -0.2) is 33.1 Å². The fraction of sp³-hybridized carbons (Fsp3) is 0.533. The molecule has 0 spiro atoms. The van der Waals surface area contributed by atoms with Crippen LogP contribution in [0.1, 0.15) is 40.2 Å². The molecule has 0 aliphatic rings. The van der Waals surface area contributed by atoms with Gasteiger partial charge in [-0.05, 0) is 46.8 Å². The number of aromatic nitrogens is 1. The SMILES string of the molecule is CC(Sc1cc(C#N)ccn1)C(=O)N(C(C)C)C(C)C. The average molecular weight is 291 g/mol. The van der Waals surface area contributed by atoms with Crippen molar-refractivity contribution in [3.05, 3.63) is 23.9 Å². The fourth-order valence-corrected chi connectivity index (χ4v) is 2.99. The van der Waals surface area contributed by atoms with Gasteiger partial charge in [0, 0.05) is 18.3 Å². The predicted molar refractivity (Wildman–Crippen MR) is 81.4 cm³/mol. The molecular weight excluding hydrogens is 270 g/mol. The Hall–Kier alpha value is -1.54. The molecule has 1 aromatic heterocycles. The van der Waals surface area contributed by atoms with Crippen LogP contribution in [0.4, 0.5) is 0 Å². The van der Waals surface area contributed by atoms with Gasteiger partial charge in [-0.1, -0.05) is 11.8 Å². The minimum Gasteiger partial charge on any atom is -0.337 e. The van der Waals surface area contributed by atoms with E-state index in [9.17, 15) is 4.79 Å². The van der Waals surface area contributed by atoms with Crippen LogP contribution in [0.25, 0.3) is 0 Å². The van der Waals surface area contributed by atoms with Gasteiger partial charge in [0.1, 0.15) is 0 Å². The van der Waals surface area contributed by atoms with E-state index in [4.69, 9.17) is 5.26 Å².